The largest absolute Gasteiger partial charge is 0.356 e. The Bertz CT molecular complexity index is 700. The van der Waals surface area contributed by atoms with Crippen molar-refractivity contribution in [2.45, 2.75) is 0 Å². The zero-order valence-electron chi connectivity index (χ0n) is 10.3. The molecule has 0 saturated carbocycles. The molecule has 1 aromatic heterocycles. The van der Waals surface area contributed by atoms with E-state index in [1.807, 2.05) is 0 Å². The van der Waals surface area contributed by atoms with Crippen LogP contribution in [0.25, 0.3) is 0 Å². The summed E-state index contributed by atoms with van der Waals surface area (Å²) in [5, 5.41) is 2.85. The van der Waals surface area contributed by atoms with E-state index < -0.39 is 11.7 Å². The summed E-state index contributed by atoms with van der Waals surface area (Å²) in [4.78, 5) is 14.5. The first-order valence-corrected chi connectivity index (χ1v) is 6.11. The van der Waals surface area contributed by atoms with Crippen molar-refractivity contribution < 1.29 is 9.18 Å². The second-order valence-electron chi connectivity index (χ2n) is 3.89. The minimum Gasteiger partial charge on any atom is -0.356 e. The van der Waals surface area contributed by atoms with Crippen LogP contribution in [0.15, 0.2) is 30.5 Å². The zero-order chi connectivity index (χ0) is 14.5. The highest BCUT2D eigenvalue weighted by molar-refractivity contribution is 6.31. The molecule has 2 rings (SSSR count). The number of benzene rings is 1. The van der Waals surface area contributed by atoms with Crippen molar-refractivity contribution in [3.63, 3.8) is 0 Å². The minimum atomic E-state index is -0.570. The van der Waals surface area contributed by atoms with Crippen molar-refractivity contribution in [1.29, 1.82) is 0 Å². The van der Waals surface area contributed by atoms with Gasteiger partial charge >= 0.3 is 0 Å². The molecule has 20 heavy (non-hydrogen) atoms. The Balaban J connectivity index is 2.16. The highest BCUT2D eigenvalue weighted by Crippen LogP contribution is 2.17. The number of aromatic nitrogens is 1. The molecule has 1 aromatic carbocycles. The molecule has 0 radical (unpaired) electrons. The van der Waals surface area contributed by atoms with Gasteiger partial charge in [0, 0.05) is 11.8 Å². The maximum Gasteiger partial charge on any atom is 0.272 e. The first-order valence-electron chi connectivity index (χ1n) is 5.74. The quantitative estimate of drug-likeness (QED) is 0.743. The number of hydrogen-bond acceptors (Lipinski definition) is 2. The third-order valence-corrected chi connectivity index (χ3v) is 2.66. The topological polar surface area (TPSA) is 70.9 Å². The molecule has 0 aliphatic rings. The third kappa shape index (κ3) is 3.38. The van der Waals surface area contributed by atoms with Crippen LogP contribution in [0.3, 0.4) is 0 Å². The number of carbonyl (C=O) groups excluding carboxylic acids is 1. The maximum atomic E-state index is 13.8. The Labute approximate surface area is 120 Å². The van der Waals surface area contributed by atoms with Crippen LogP contribution in [0.5, 0.6) is 0 Å². The van der Waals surface area contributed by atoms with Gasteiger partial charge in [0.1, 0.15) is 11.5 Å². The molecule has 0 aliphatic heterocycles. The fourth-order valence-corrected chi connectivity index (χ4v) is 1.70. The summed E-state index contributed by atoms with van der Waals surface area (Å²) in [6.07, 6.45) is 1.47. The molecule has 4 N–H and O–H groups in total. The maximum absolute atomic E-state index is 13.8. The standard InChI is InChI=1S/C14H11ClFN3O/c15-10-7-13(18-8-10)14(20)19-12-4-3-9(2-1-5-17)6-11(12)16/h3-4,6-8,18H,5,17H2,(H,19,20). The number of H-pyrrole nitrogens is 1. The van der Waals surface area contributed by atoms with Crippen molar-refractivity contribution in [3.05, 3.63) is 52.6 Å². The summed E-state index contributed by atoms with van der Waals surface area (Å²) in [5.74, 6) is 4.29. The van der Waals surface area contributed by atoms with Crippen molar-refractivity contribution >= 4 is 23.2 Å². The Kier molecular flexibility index (Phi) is 4.41. The summed E-state index contributed by atoms with van der Waals surface area (Å²) in [6.45, 7) is 0.202. The number of nitrogens with two attached hydrogens (primary N) is 1. The molecule has 0 bridgehead atoms. The van der Waals surface area contributed by atoms with E-state index in [0.29, 0.717) is 10.6 Å². The number of carbonyl (C=O) groups is 1. The molecule has 6 heteroatoms. The van der Waals surface area contributed by atoms with Crippen molar-refractivity contribution in [1.82, 2.24) is 4.98 Å². The Morgan fingerprint density at radius 2 is 2.25 bits per heavy atom. The van der Waals surface area contributed by atoms with Gasteiger partial charge in [-0.2, -0.15) is 0 Å². The van der Waals surface area contributed by atoms with Gasteiger partial charge in [0.25, 0.3) is 5.91 Å². The first-order chi connectivity index (χ1) is 9.60. The highest BCUT2D eigenvalue weighted by atomic mass is 35.5. The second-order valence-corrected chi connectivity index (χ2v) is 4.32. The summed E-state index contributed by atoms with van der Waals surface area (Å²) in [5.41, 5.74) is 6.05. The normalized spacial score (nSPS) is 9.75. The van der Waals surface area contributed by atoms with Gasteiger partial charge in [0.2, 0.25) is 0 Å². The van der Waals surface area contributed by atoms with E-state index in [0.717, 1.165) is 0 Å². The number of nitrogens with one attached hydrogen (secondary N) is 2. The lowest BCUT2D eigenvalue weighted by Crippen LogP contribution is -2.13. The van der Waals surface area contributed by atoms with Crippen LogP contribution in [0.4, 0.5) is 10.1 Å². The van der Waals surface area contributed by atoms with Gasteiger partial charge < -0.3 is 16.0 Å². The fourth-order valence-electron chi connectivity index (χ4n) is 1.54. The fraction of sp³-hybridized carbons (Fsp3) is 0.0714. The Morgan fingerprint density at radius 1 is 1.45 bits per heavy atom. The highest BCUT2D eigenvalue weighted by Gasteiger charge is 2.11. The van der Waals surface area contributed by atoms with Crippen LogP contribution in [-0.2, 0) is 0 Å². The van der Waals surface area contributed by atoms with Crippen LogP contribution in [0.1, 0.15) is 16.1 Å². The molecule has 0 saturated heterocycles. The lowest BCUT2D eigenvalue weighted by atomic mass is 10.2. The van der Waals surface area contributed by atoms with Gasteiger partial charge in [-0.15, -0.1) is 0 Å². The molecule has 1 amide bonds. The van der Waals surface area contributed by atoms with Crippen LogP contribution >= 0.6 is 11.6 Å². The molecule has 102 valence electrons. The van der Waals surface area contributed by atoms with E-state index in [-0.39, 0.29) is 17.9 Å². The molecular formula is C14H11ClFN3O. The SMILES string of the molecule is NCC#Cc1ccc(NC(=O)c2cc(Cl)c[nH]2)c(F)c1. The minimum absolute atomic E-state index is 0.0685. The number of rotatable bonds is 2. The monoisotopic (exact) mass is 291 g/mol. The predicted octanol–water partition coefficient (Wildman–Crippen LogP) is 2.37. The van der Waals surface area contributed by atoms with Crippen LogP contribution in [0, 0.1) is 17.7 Å². The van der Waals surface area contributed by atoms with Gasteiger partial charge in [-0.1, -0.05) is 23.4 Å². The molecule has 1 heterocycles. The third-order valence-electron chi connectivity index (χ3n) is 2.44. The number of aromatic amines is 1. The number of anilines is 1. The van der Waals surface area contributed by atoms with E-state index in [1.165, 1.54) is 24.4 Å². The summed E-state index contributed by atoms with van der Waals surface area (Å²) < 4.78 is 13.8. The molecule has 2 aromatic rings. The van der Waals surface area contributed by atoms with Gasteiger partial charge in [-0.25, -0.2) is 4.39 Å². The molecule has 0 aliphatic carbocycles. The van der Waals surface area contributed by atoms with Gasteiger partial charge in [0.15, 0.2) is 0 Å². The molecule has 0 unspecified atom stereocenters. The van der Waals surface area contributed by atoms with E-state index in [2.05, 4.69) is 22.1 Å². The summed E-state index contributed by atoms with van der Waals surface area (Å²) >= 11 is 5.70. The van der Waals surface area contributed by atoms with Gasteiger partial charge in [-0.05, 0) is 24.3 Å². The first kappa shape index (κ1) is 14.1. The predicted molar refractivity (Wildman–Crippen MR) is 76.1 cm³/mol. The molecule has 0 atom stereocenters. The average Bonchev–Trinajstić information content (AvgIpc) is 2.86. The zero-order valence-corrected chi connectivity index (χ0v) is 11.1. The van der Waals surface area contributed by atoms with Crippen LogP contribution in [0.2, 0.25) is 5.02 Å². The van der Waals surface area contributed by atoms with Crippen LogP contribution in [-0.4, -0.2) is 17.4 Å². The van der Waals surface area contributed by atoms with E-state index in [9.17, 15) is 9.18 Å². The van der Waals surface area contributed by atoms with Gasteiger partial charge in [-0.3, -0.25) is 4.79 Å². The van der Waals surface area contributed by atoms with Crippen molar-refractivity contribution in [3.8, 4) is 11.8 Å². The van der Waals surface area contributed by atoms with Crippen molar-refractivity contribution in [2.75, 3.05) is 11.9 Å². The van der Waals surface area contributed by atoms with Crippen molar-refractivity contribution in [2.24, 2.45) is 5.73 Å². The summed E-state index contributed by atoms with van der Waals surface area (Å²) in [6, 6.07) is 5.73. The lowest BCUT2D eigenvalue weighted by molar-refractivity contribution is 0.102. The Morgan fingerprint density at radius 3 is 2.85 bits per heavy atom. The summed E-state index contributed by atoms with van der Waals surface area (Å²) in [7, 11) is 0. The molecule has 0 spiro atoms. The van der Waals surface area contributed by atoms with Gasteiger partial charge in [0.05, 0.1) is 17.3 Å². The number of amides is 1. The second kappa shape index (κ2) is 6.24. The number of hydrogen-bond donors (Lipinski definition) is 3. The molecular weight excluding hydrogens is 281 g/mol. The smallest absolute Gasteiger partial charge is 0.272 e. The number of halogens is 2. The van der Waals surface area contributed by atoms with E-state index in [1.54, 1.807) is 6.07 Å². The molecule has 0 fully saturated rings. The van der Waals surface area contributed by atoms with Crippen LogP contribution < -0.4 is 11.1 Å². The average molecular weight is 292 g/mol. The lowest BCUT2D eigenvalue weighted by Gasteiger charge is -2.05. The Hall–Kier alpha value is -2.29. The van der Waals surface area contributed by atoms with E-state index >= 15 is 0 Å². The molecule has 4 nitrogen and oxygen atoms in total. The van der Waals surface area contributed by atoms with E-state index in [4.69, 9.17) is 17.3 Å².